The van der Waals surface area contributed by atoms with Crippen LogP contribution in [0.3, 0.4) is 0 Å². The molecule has 0 fully saturated rings. The Balaban J connectivity index is 1.84. The molecule has 0 spiro atoms. The normalized spacial score (nSPS) is 11.6. The molecule has 0 aromatic heterocycles. The lowest BCUT2D eigenvalue weighted by Gasteiger charge is -2.10. The van der Waals surface area contributed by atoms with Gasteiger partial charge in [-0.05, 0) is 61.4 Å². The molecule has 3 aromatic carbocycles. The molecule has 0 unspecified atom stereocenters. The Hall–Kier alpha value is -3.32. The first-order valence-corrected chi connectivity index (χ1v) is 11.4. The summed E-state index contributed by atoms with van der Waals surface area (Å²) >= 11 is 0. The quantitative estimate of drug-likeness (QED) is 0.532. The van der Waals surface area contributed by atoms with Gasteiger partial charge >= 0.3 is 0 Å². The average molecular weight is 422 g/mol. The van der Waals surface area contributed by atoms with Crippen molar-refractivity contribution in [2.24, 2.45) is 10.2 Å². The number of hydrogen-bond donors (Lipinski definition) is 1. The topological polar surface area (TPSA) is 88.0 Å². The van der Waals surface area contributed by atoms with Gasteiger partial charge in [-0.2, -0.15) is 5.11 Å². The molecule has 0 radical (unpaired) electrons. The first-order chi connectivity index (χ1) is 14.2. The van der Waals surface area contributed by atoms with E-state index in [9.17, 15) is 13.2 Å². The van der Waals surface area contributed by atoms with Gasteiger partial charge in [0.25, 0.3) is 5.91 Å². The predicted molar refractivity (Wildman–Crippen MR) is 119 cm³/mol. The first kappa shape index (κ1) is 21.4. The number of carbonyl (C=O) groups excluding carboxylic acids is 1. The zero-order valence-electron chi connectivity index (χ0n) is 17.1. The Kier molecular flexibility index (Phi) is 6.42. The number of hydrogen-bond acceptors (Lipinski definition) is 5. The van der Waals surface area contributed by atoms with E-state index in [4.69, 9.17) is 0 Å². The molecule has 1 N–H and O–H groups in total. The molecule has 0 heterocycles. The number of rotatable bonds is 6. The number of benzene rings is 3. The zero-order chi connectivity index (χ0) is 21.7. The lowest BCUT2D eigenvalue weighted by Crippen LogP contribution is -2.12. The molecule has 3 rings (SSSR count). The molecule has 1 amide bonds. The fraction of sp³-hybridized carbons (Fsp3) is 0.174. The van der Waals surface area contributed by atoms with Crippen LogP contribution in [0.2, 0.25) is 0 Å². The fourth-order valence-electron chi connectivity index (χ4n) is 2.85. The van der Waals surface area contributed by atoms with Gasteiger partial charge in [0.15, 0.2) is 9.84 Å². The van der Waals surface area contributed by atoms with Crippen LogP contribution in [0, 0.1) is 13.8 Å². The van der Waals surface area contributed by atoms with E-state index in [-0.39, 0.29) is 11.7 Å². The Labute approximate surface area is 176 Å². The van der Waals surface area contributed by atoms with E-state index in [1.165, 1.54) is 0 Å². The van der Waals surface area contributed by atoms with E-state index in [1.54, 1.807) is 30.3 Å². The van der Waals surface area contributed by atoms with Gasteiger partial charge in [-0.1, -0.05) is 35.9 Å². The van der Waals surface area contributed by atoms with Crippen LogP contribution in [0.1, 0.15) is 27.0 Å². The van der Waals surface area contributed by atoms with E-state index in [0.29, 0.717) is 28.2 Å². The number of aryl methyl sites for hydroxylation is 2. The number of sulfone groups is 1. The van der Waals surface area contributed by atoms with Gasteiger partial charge < -0.3 is 5.32 Å². The lowest BCUT2D eigenvalue weighted by atomic mass is 10.1. The largest absolute Gasteiger partial charge is 0.320 e. The summed E-state index contributed by atoms with van der Waals surface area (Å²) in [6.45, 7) is 3.94. The number of azo groups is 1. The summed E-state index contributed by atoms with van der Waals surface area (Å²) in [5.41, 5.74) is 4.84. The molecular formula is C23H23N3O3S. The minimum atomic E-state index is -3.19. The van der Waals surface area contributed by atoms with Crippen molar-refractivity contribution in [3.05, 3.63) is 89.0 Å². The molecule has 0 aliphatic heterocycles. The van der Waals surface area contributed by atoms with Gasteiger partial charge in [-0.15, -0.1) is 5.11 Å². The highest BCUT2D eigenvalue weighted by Gasteiger charge is 2.12. The van der Waals surface area contributed by atoms with Gasteiger partial charge in [0.1, 0.15) is 5.69 Å². The SMILES string of the molecule is Cc1ccc(N=Nc2cc(C)ccc2NC(=O)c2cccc(CS(C)(=O)=O)c2)cc1. The van der Waals surface area contributed by atoms with E-state index in [0.717, 1.165) is 17.4 Å². The molecule has 0 saturated heterocycles. The highest BCUT2D eigenvalue weighted by molar-refractivity contribution is 7.89. The van der Waals surface area contributed by atoms with E-state index in [2.05, 4.69) is 15.5 Å². The third-order valence-electron chi connectivity index (χ3n) is 4.33. The van der Waals surface area contributed by atoms with Crippen LogP contribution in [0.15, 0.2) is 77.0 Å². The van der Waals surface area contributed by atoms with Crippen molar-refractivity contribution in [3.63, 3.8) is 0 Å². The second-order valence-corrected chi connectivity index (χ2v) is 9.42. The fourth-order valence-corrected chi connectivity index (χ4v) is 3.64. The van der Waals surface area contributed by atoms with Crippen molar-refractivity contribution in [3.8, 4) is 0 Å². The third-order valence-corrected chi connectivity index (χ3v) is 5.18. The minimum absolute atomic E-state index is 0.116. The Morgan fingerprint density at radius 1 is 0.900 bits per heavy atom. The Morgan fingerprint density at radius 2 is 1.60 bits per heavy atom. The summed E-state index contributed by atoms with van der Waals surface area (Å²) < 4.78 is 23.1. The van der Waals surface area contributed by atoms with E-state index in [1.807, 2.05) is 50.2 Å². The molecule has 7 heteroatoms. The molecule has 3 aromatic rings. The number of amides is 1. The zero-order valence-corrected chi connectivity index (χ0v) is 17.9. The maximum absolute atomic E-state index is 12.7. The number of nitrogens with one attached hydrogen (secondary N) is 1. The minimum Gasteiger partial charge on any atom is -0.320 e. The number of carbonyl (C=O) groups is 1. The molecule has 6 nitrogen and oxygen atoms in total. The monoisotopic (exact) mass is 421 g/mol. The van der Waals surface area contributed by atoms with E-state index >= 15 is 0 Å². The average Bonchev–Trinajstić information content (AvgIpc) is 2.68. The summed E-state index contributed by atoms with van der Waals surface area (Å²) in [4.78, 5) is 12.7. The second-order valence-electron chi connectivity index (χ2n) is 7.28. The Morgan fingerprint density at radius 3 is 2.30 bits per heavy atom. The summed E-state index contributed by atoms with van der Waals surface area (Å²) in [6.07, 6.45) is 1.16. The molecular weight excluding hydrogens is 398 g/mol. The molecule has 0 aliphatic rings. The highest BCUT2D eigenvalue weighted by atomic mass is 32.2. The van der Waals surface area contributed by atoms with Crippen molar-refractivity contribution in [1.29, 1.82) is 0 Å². The van der Waals surface area contributed by atoms with Gasteiger partial charge in [0.2, 0.25) is 0 Å². The van der Waals surface area contributed by atoms with Crippen LogP contribution in [0.25, 0.3) is 0 Å². The summed E-state index contributed by atoms with van der Waals surface area (Å²) in [5, 5.41) is 11.4. The van der Waals surface area contributed by atoms with Crippen molar-refractivity contribution in [2.75, 3.05) is 11.6 Å². The van der Waals surface area contributed by atoms with Gasteiger partial charge in [0.05, 0.1) is 17.1 Å². The molecule has 0 atom stereocenters. The lowest BCUT2D eigenvalue weighted by molar-refractivity contribution is 0.102. The van der Waals surface area contributed by atoms with Crippen molar-refractivity contribution in [1.82, 2.24) is 0 Å². The predicted octanol–water partition coefficient (Wildman–Crippen LogP) is 5.52. The summed E-state index contributed by atoms with van der Waals surface area (Å²) in [7, 11) is -3.19. The number of anilines is 1. The van der Waals surface area contributed by atoms with Gasteiger partial charge in [-0.3, -0.25) is 4.79 Å². The summed E-state index contributed by atoms with van der Waals surface area (Å²) in [5.74, 6) is -0.463. The van der Waals surface area contributed by atoms with Crippen molar-refractivity contribution >= 4 is 32.8 Å². The van der Waals surface area contributed by atoms with Crippen molar-refractivity contribution < 1.29 is 13.2 Å². The molecule has 0 bridgehead atoms. The number of nitrogens with zero attached hydrogens (tertiary/aromatic N) is 2. The second kappa shape index (κ2) is 9.00. The third kappa shape index (κ3) is 6.09. The van der Waals surface area contributed by atoms with Crippen LogP contribution in [0.4, 0.5) is 17.1 Å². The highest BCUT2D eigenvalue weighted by Crippen LogP contribution is 2.29. The standard InChI is InChI=1S/C23H23N3O3S/c1-16-7-10-20(11-8-16)25-26-22-13-17(2)9-12-21(22)24-23(27)19-6-4-5-18(14-19)15-30(3,28)29/h4-14H,15H2,1-3H3,(H,24,27). The molecule has 0 aliphatic carbocycles. The first-order valence-electron chi connectivity index (χ1n) is 9.37. The van der Waals surface area contributed by atoms with Crippen molar-refractivity contribution in [2.45, 2.75) is 19.6 Å². The van der Waals surface area contributed by atoms with Gasteiger partial charge in [-0.25, -0.2) is 8.42 Å². The molecule has 154 valence electrons. The van der Waals surface area contributed by atoms with E-state index < -0.39 is 9.84 Å². The molecule has 0 saturated carbocycles. The van der Waals surface area contributed by atoms with Gasteiger partial charge in [0, 0.05) is 11.8 Å². The van der Waals surface area contributed by atoms with Crippen LogP contribution in [0.5, 0.6) is 0 Å². The van der Waals surface area contributed by atoms with Crippen LogP contribution in [-0.2, 0) is 15.6 Å². The maximum Gasteiger partial charge on any atom is 0.255 e. The van der Waals surface area contributed by atoms with Crippen LogP contribution < -0.4 is 5.32 Å². The van der Waals surface area contributed by atoms with Crippen LogP contribution >= 0.6 is 0 Å². The molecule has 30 heavy (non-hydrogen) atoms. The van der Waals surface area contributed by atoms with Crippen LogP contribution in [-0.4, -0.2) is 20.6 Å². The smallest absolute Gasteiger partial charge is 0.255 e. The maximum atomic E-state index is 12.7. The summed E-state index contributed by atoms with van der Waals surface area (Å²) in [6, 6.07) is 19.7. The Bertz CT molecular complexity index is 1200.